The van der Waals surface area contributed by atoms with Gasteiger partial charge in [0.05, 0.1) is 12.8 Å². The van der Waals surface area contributed by atoms with Gasteiger partial charge in [-0.2, -0.15) is 0 Å². The molecule has 0 aliphatic rings. The van der Waals surface area contributed by atoms with E-state index in [9.17, 15) is 5.11 Å². The van der Waals surface area contributed by atoms with E-state index in [0.29, 0.717) is 11.6 Å². The smallest absolute Gasteiger partial charge is 0.213 e. The minimum atomic E-state index is -0.611. The fraction of sp³-hybridized carbons (Fsp3) is 0.545. The Kier molecular flexibility index (Phi) is 4.52. The lowest BCUT2D eigenvalue weighted by Crippen LogP contribution is -2.32. The molecule has 0 amide bonds. The third kappa shape index (κ3) is 3.18. The van der Waals surface area contributed by atoms with E-state index in [1.807, 2.05) is 19.9 Å². The molecule has 1 heterocycles. The maximum Gasteiger partial charge on any atom is 0.213 e. The molecule has 0 saturated carbocycles. The Morgan fingerprint density at radius 3 is 2.87 bits per heavy atom. The fourth-order valence-corrected chi connectivity index (χ4v) is 1.40. The van der Waals surface area contributed by atoms with Gasteiger partial charge in [-0.05, 0) is 19.5 Å². The van der Waals surface area contributed by atoms with Crippen LogP contribution in [0.1, 0.15) is 25.6 Å². The standard InChI is InChI=1S/C11H18N2O2/c1-4-12-8(2)11(14)9-6-5-7-10(13-9)15-3/h5-8,11-12,14H,4H2,1-3H3. The van der Waals surface area contributed by atoms with Crippen molar-refractivity contribution in [2.24, 2.45) is 0 Å². The third-order valence-electron chi connectivity index (χ3n) is 2.26. The molecule has 2 unspecified atom stereocenters. The summed E-state index contributed by atoms with van der Waals surface area (Å²) in [6, 6.07) is 5.35. The second kappa shape index (κ2) is 5.68. The summed E-state index contributed by atoms with van der Waals surface area (Å²) in [5, 5.41) is 13.1. The van der Waals surface area contributed by atoms with Gasteiger partial charge in [-0.1, -0.05) is 13.0 Å². The van der Waals surface area contributed by atoms with Gasteiger partial charge in [-0.15, -0.1) is 0 Å². The van der Waals surface area contributed by atoms with Gasteiger partial charge < -0.3 is 15.2 Å². The minimum absolute atomic E-state index is 0.0189. The first-order valence-corrected chi connectivity index (χ1v) is 5.11. The molecule has 4 heteroatoms. The van der Waals surface area contributed by atoms with E-state index in [1.165, 1.54) is 0 Å². The highest BCUT2D eigenvalue weighted by molar-refractivity contribution is 5.18. The van der Waals surface area contributed by atoms with Crippen LogP contribution in [0.4, 0.5) is 0 Å². The summed E-state index contributed by atoms with van der Waals surface area (Å²) in [6.45, 7) is 4.75. The Morgan fingerprint density at radius 1 is 1.53 bits per heavy atom. The molecule has 1 aromatic heterocycles. The Balaban J connectivity index is 2.76. The Labute approximate surface area is 90.3 Å². The zero-order valence-electron chi connectivity index (χ0n) is 9.40. The fourth-order valence-electron chi connectivity index (χ4n) is 1.40. The highest BCUT2D eigenvalue weighted by Gasteiger charge is 2.16. The highest BCUT2D eigenvalue weighted by Crippen LogP contribution is 2.17. The van der Waals surface area contributed by atoms with Crippen LogP contribution in [0, 0.1) is 0 Å². The van der Waals surface area contributed by atoms with Gasteiger partial charge in [0, 0.05) is 12.1 Å². The minimum Gasteiger partial charge on any atom is -0.481 e. The number of hydrogen-bond acceptors (Lipinski definition) is 4. The number of hydrogen-bond donors (Lipinski definition) is 2. The summed E-state index contributed by atoms with van der Waals surface area (Å²) < 4.78 is 5.00. The molecule has 0 aliphatic carbocycles. The van der Waals surface area contributed by atoms with E-state index in [-0.39, 0.29) is 6.04 Å². The number of methoxy groups -OCH3 is 1. The molecule has 0 aromatic carbocycles. The number of likely N-dealkylation sites (N-methyl/N-ethyl adjacent to an activating group) is 1. The summed E-state index contributed by atoms with van der Waals surface area (Å²) in [6.07, 6.45) is -0.611. The number of pyridine rings is 1. The van der Waals surface area contributed by atoms with Gasteiger partial charge in [0.1, 0.15) is 6.10 Å². The molecule has 2 atom stereocenters. The molecule has 2 N–H and O–H groups in total. The summed E-state index contributed by atoms with van der Waals surface area (Å²) in [5.74, 6) is 0.523. The first kappa shape index (κ1) is 11.9. The SMILES string of the molecule is CCNC(C)C(O)c1cccc(OC)n1. The molecule has 0 saturated heterocycles. The van der Waals surface area contributed by atoms with Crippen LogP contribution in [0.15, 0.2) is 18.2 Å². The average molecular weight is 210 g/mol. The summed E-state index contributed by atoms with van der Waals surface area (Å²) >= 11 is 0. The number of rotatable bonds is 5. The second-order valence-electron chi connectivity index (χ2n) is 3.40. The summed E-state index contributed by atoms with van der Waals surface area (Å²) in [5.41, 5.74) is 0.628. The maximum absolute atomic E-state index is 9.96. The van der Waals surface area contributed by atoms with E-state index in [0.717, 1.165) is 6.54 Å². The lowest BCUT2D eigenvalue weighted by Gasteiger charge is -2.19. The quantitative estimate of drug-likeness (QED) is 0.764. The predicted octanol–water partition coefficient (Wildman–Crippen LogP) is 1.12. The van der Waals surface area contributed by atoms with E-state index in [2.05, 4.69) is 10.3 Å². The van der Waals surface area contributed by atoms with Gasteiger partial charge in [0.25, 0.3) is 0 Å². The van der Waals surface area contributed by atoms with Crippen molar-refractivity contribution in [1.29, 1.82) is 0 Å². The van der Waals surface area contributed by atoms with Crippen molar-refractivity contribution in [3.05, 3.63) is 23.9 Å². The van der Waals surface area contributed by atoms with Gasteiger partial charge >= 0.3 is 0 Å². The van der Waals surface area contributed by atoms with E-state index in [4.69, 9.17) is 4.74 Å². The van der Waals surface area contributed by atoms with Crippen molar-refractivity contribution in [3.8, 4) is 5.88 Å². The van der Waals surface area contributed by atoms with E-state index < -0.39 is 6.10 Å². The van der Waals surface area contributed by atoms with Gasteiger partial charge in [-0.25, -0.2) is 4.98 Å². The monoisotopic (exact) mass is 210 g/mol. The van der Waals surface area contributed by atoms with Gasteiger partial charge in [0.15, 0.2) is 0 Å². The highest BCUT2D eigenvalue weighted by atomic mass is 16.5. The van der Waals surface area contributed by atoms with Gasteiger partial charge in [0.2, 0.25) is 5.88 Å². The average Bonchev–Trinajstić information content (AvgIpc) is 2.28. The Bertz CT molecular complexity index is 304. The molecule has 1 rings (SSSR count). The molecule has 4 nitrogen and oxygen atoms in total. The van der Waals surface area contributed by atoms with Crippen LogP contribution in [0.3, 0.4) is 0 Å². The topological polar surface area (TPSA) is 54.4 Å². The summed E-state index contributed by atoms with van der Waals surface area (Å²) in [7, 11) is 1.56. The molecule has 15 heavy (non-hydrogen) atoms. The second-order valence-corrected chi connectivity index (χ2v) is 3.40. The van der Waals surface area contributed by atoms with Crippen LogP contribution in [-0.4, -0.2) is 29.8 Å². The number of nitrogens with one attached hydrogen (secondary N) is 1. The Morgan fingerprint density at radius 2 is 2.27 bits per heavy atom. The first-order chi connectivity index (χ1) is 7.19. The van der Waals surface area contributed by atoms with Crippen molar-refractivity contribution in [3.63, 3.8) is 0 Å². The largest absolute Gasteiger partial charge is 0.481 e. The molecule has 0 bridgehead atoms. The Hall–Kier alpha value is -1.13. The first-order valence-electron chi connectivity index (χ1n) is 5.11. The van der Waals surface area contributed by atoms with Crippen LogP contribution in [-0.2, 0) is 0 Å². The molecule has 0 spiro atoms. The predicted molar refractivity (Wildman–Crippen MR) is 58.9 cm³/mol. The maximum atomic E-state index is 9.96. The van der Waals surface area contributed by atoms with Crippen molar-refractivity contribution in [2.75, 3.05) is 13.7 Å². The number of aliphatic hydroxyl groups excluding tert-OH is 1. The van der Waals surface area contributed by atoms with E-state index >= 15 is 0 Å². The summed E-state index contributed by atoms with van der Waals surface area (Å²) in [4.78, 5) is 4.18. The van der Waals surface area contributed by atoms with Crippen molar-refractivity contribution in [2.45, 2.75) is 26.0 Å². The molecule has 0 fully saturated rings. The zero-order valence-corrected chi connectivity index (χ0v) is 9.40. The van der Waals surface area contributed by atoms with Crippen LogP contribution in [0.25, 0.3) is 0 Å². The van der Waals surface area contributed by atoms with Gasteiger partial charge in [-0.3, -0.25) is 0 Å². The third-order valence-corrected chi connectivity index (χ3v) is 2.26. The molecule has 1 aromatic rings. The number of ether oxygens (including phenoxy) is 1. The molecule has 0 aliphatic heterocycles. The number of aromatic nitrogens is 1. The van der Waals surface area contributed by atoms with Crippen LogP contribution in [0.5, 0.6) is 5.88 Å². The van der Waals surface area contributed by atoms with Crippen molar-refractivity contribution < 1.29 is 9.84 Å². The lowest BCUT2D eigenvalue weighted by atomic mass is 10.1. The van der Waals surface area contributed by atoms with Crippen LogP contribution >= 0.6 is 0 Å². The normalized spacial score (nSPS) is 14.7. The number of aliphatic hydroxyl groups is 1. The number of nitrogens with zero attached hydrogens (tertiary/aromatic N) is 1. The molecule has 0 radical (unpaired) electrons. The lowest BCUT2D eigenvalue weighted by molar-refractivity contribution is 0.132. The molecule has 84 valence electrons. The van der Waals surface area contributed by atoms with Crippen LogP contribution in [0.2, 0.25) is 0 Å². The molecular formula is C11H18N2O2. The zero-order chi connectivity index (χ0) is 11.3. The van der Waals surface area contributed by atoms with Crippen molar-refractivity contribution in [1.82, 2.24) is 10.3 Å². The van der Waals surface area contributed by atoms with E-state index in [1.54, 1.807) is 19.2 Å². The van der Waals surface area contributed by atoms with Crippen LogP contribution < -0.4 is 10.1 Å². The van der Waals surface area contributed by atoms with Crippen molar-refractivity contribution >= 4 is 0 Å². The molecular weight excluding hydrogens is 192 g/mol.